The molecular formula is C9H16N2O3. The van der Waals surface area contributed by atoms with E-state index in [1.165, 1.54) is 4.90 Å². The molecule has 0 aromatic heterocycles. The van der Waals surface area contributed by atoms with Gasteiger partial charge in [-0.15, -0.1) is 0 Å². The highest BCUT2D eigenvalue weighted by molar-refractivity contribution is 6.06. The minimum atomic E-state index is -0.805. The third kappa shape index (κ3) is 1.72. The van der Waals surface area contributed by atoms with Crippen molar-refractivity contribution in [2.75, 3.05) is 13.2 Å². The van der Waals surface area contributed by atoms with Gasteiger partial charge in [0.15, 0.2) is 0 Å². The minimum Gasteiger partial charge on any atom is -0.396 e. The van der Waals surface area contributed by atoms with Crippen LogP contribution in [0.3, 0.4) is 0 Å². The van der Waals surface area contributed by atoms with Crippen molar-refractivity contribution >= 4 is 11.9 Å². The van der Waals surface area contributed by atoms with Gasteiger partial charge in [-0.25, -0.2) is 4.79 Å². The van der Waals surface area contributed by atoms with Gasteiger partial charge in [0.1, 0.15) is 5.54 Å². The van der Waals surface area contributed by atoms with Crippen molar-refractivity contribution in [1.29, 1.82) is 0 Å². The van der Waals surface area contributed by atoms with Crippen LogP contribution in [0, 0.1) is 5.92 Å². The predicted molar refractivity (Wildman–Crippen MR) is 50.6 cm³/mol. The lowest BCUT2D eigenvalue weighted by Gasteiger charge is -2.29. The first kappa shape index (κ1) is 11.0. The average molecular weight is 200 g/mol. The van der Waals surface area contributed by atoms with E-state index in [4.69, 9.17) is 5.11 Å². The number of aliphatic hydroxyl groups is 1. The summed E-state index contributed by atoms with van der Waals surface area (Å²) in [6.07, 6.45) is 0. The van der Waals surface area contributed by atoms with Gasteiger partial charge in [0.05, 0.1) is 0 Å². The molecule has 0 radical (unpaired) electrons. The van der Waals surface area contributed by atoms with Crippen LogP contribution in [0.15, 0.2) is 0 Å². The molecule has 5 nitrogen and oxygen atoms in total. The molecule has 1 aliphatic heterocycles. The van der Waals surface area contributed by atoms with Gasteiger partial charge in [-0.2, -0.15) is 0 Å². The summed E-state index contributed by atoms with van der Waals surface area (Å²) < 4.78 is 0. The molecule has 1 unspecified atom stereocenters. The summed E-state index contributed by atoms with van der Waals surface area (Å²) in [7, 11) is 0. The summed E-state index contributed by atoms with van der Waals surface area (Å²) in [6.45, 7) is 5.61. The van der Waals surface area contributed by atoms with Crippen molar-refractivity contribution in [2.45, 2.75) is 26.3 Å². The zero-order valence-corrected chi connectivity index (χ0v) is 8.70. The second kappa shape index (κ2) is 3.57. The Morgan fingerprint density at radius 1 is 1.50 bits per heavy atom. The molecule has 5 heteroatoms. The third-order valence-electron chi connectivity index (χ3n) is 2.50. The Bertz CT molecular complexity index is 263. The van der Waals surface area contributed by atoms with Crippen molar-refractivity contribution in [3.63, 3.8) is 0 Å². The van der Waals surface area contributed by atoms with Crippen molar-refractivity contribution in [1.82, 2.24) is 10.2 Å². The fourth-order valence-electron chi connectivity index (χ4n) is 1.37. The summed E-state index contributed by atoms with van der Waals surface area (Å²) in [6, 6.07) is -0.375. The molecule has 14 heavy (non-hydrogen) atoms. The number of imide groups is 1. The lowest BCUT2D eigenvalue weighted by molar-refractivity contribution is -0.125. The van der Waals surface area contributed by atoms with Gasteiger partial charge < -0.3 is 10.0 Å². The van der Waals surface area contributed by atoms with Gasteiger partial charge in [-0.1, -0.05) is 6.92 Å². The van der Waals surface area contributed by atoms with Crippen LogP contribution in [0.2, 0.25) is 0 Å². The molecule has 0 aromatic carbocycles. The Morgan fingerprint density at radius 2 is 2.07 bits per heavy atom. The van der Waals surface area contributed by atoms with Crippen LogP contribution >= 0.6 is 0 Å². The monoisotopic (exact) mass is 200 g/mol. The molecule has 3 amide bonds. The molecule has 0 aromatic rings. The number of amides is 3. The Labute approximate surface area is 83.1 Å². The van der Waals surface area contributed by atoms with E-state index < -0.39 is 5.54 Å². The summed E-state index contributed by atoms with van der Waals surface area (Å²) in [5.74, 6) is -0.307. The molecule has 0 saturated carbocycles. The van der Waals surface area contributed by atoms with E-state index in [1.54, 1.807) is 13.8 Å². The maximum atomic E-state index is 11.4. The minimum absolute atomic E-state index is 0.00799. The molecule has 1 saturated heterocycles. The van der Waals surface area contributed by atoms with Crippen LogP contribution in [0.1, 0.15) is 20.8 Å². The third-order valence-corrected chi connectivity index (χ3v) is 2.50. The smallest absolute Gasteiger partial charge is 0.325 e. The Balaban J connectivity index is 2.76. The number of hydrogen-bond donors (Lipinski definition) is 2. The van der Waals surface area contributed by atoms with E-state index in [9.17, 15) is 9.59 Å². The van der Waals surface area contributed by atoms with Crippen LogP contribution in [-0.2, 0) is 4.79 Å². The van der Waals surface area contributed by atoms with Gasteiger partial charge in [-0.3, -0.25) is 10.1 Å². The van der Waals surface area contributed by atoms with Crippen LogP contribution in [0.25, 0.3) is 0 Å². The van der Waals surface area contributed by atoms with Gasteiger partial charge in [-0.05, 0) is 19.8 Å². The van der Waals surface area contributed by atoms with Gasteiger partial charge in [0.2, 0.25) is 0 Å². The zero-order valence-electron chi connectivity index (χ0n) is 8.70. The maximum absolute atomic E-state index is 11.4. The fourth-order valence-corrected chi connectivity index (χ4v) is 1.37. The number of hydrogen-bond acceptors (Lipinski definition) is 3. The van der Waals surface area contributed by atoms with E-state index in [2.05, 4.69) is 5.32 Å². The average Bonchev–Trinajstić information content (AvgIpc) is 2.28. The standard InChI is InChI=1S/C9H16N2O3/c1-6(5-12)4-11-8(14)10-7(13)9(11,2)3/h6,12H,4-5H2,1-3H3,(H,10,13,14). The Hall–Kier alpha value is -1.10. The van der Waals surface area contributed by atoms with Crippen LogP contribution in [0.5, 0.6) is 0 Å². The zero-order chi connectivity index (χ0) is 10.9. The highest BCUT2D eigenvalue weighted by Crippen LogP contribution is 2.21. The topological polar surface area (TPSA) is 69.6 Å². The molecule has 1 aliphatic rings. The summed E-state index contributed by atoms with van der Waals surface area (Å²) >= 11 is 0. The van der Waals surface area contributed by atoms with Crippen molar-refractivity contribution in [3.8, 4) is 0 Å². The van der Waals surface area contributed by atoms with E-state index in [1.807, 2.05) is 6.92 Å². The summed E-state index contributed by atoms with van der Waals surface area (Å²) in [5, 5.41) is 11.1. The molecule has 80 valence electrons. The van der Waals surface area contributed by atoms with Crippen LogP contribution in [-0.4, -0.2) is 40.6 Å². The summed E-state index contributed by atoms with van der Waals surface area (Å²) in [4.78, 5) is 24.2. The van der Waals surface area contributed by atoms with E-state index in [-0.39, 0.29) is 24.5 Å². The maximum Gasteiger partial charge on any atom is 0.325 e. The van der Waals surface area contributed by atoms with Crippen LogP contribution < -0.4 is 5.32 Å². The first-order valence-corrected chi connectivity index (χ1v) is 4.63. The van der Waals surface area contributed by atoms with Crippen molar-refractivity contribution in [2.24, 2.45) is 5.92 Å². The Morgan fingerprint density at radius 3 is 2.43 bits per heavy atom. The predicted octanol–water partition coefficient (Wildman–Crippen LogP) is -0.0548. The largest absolute Gasteiger partial charge is 0.396 e. The van der Waals surface area contributed by atoms with E-state index >= 15 is 0 Å². The van der Waals surface area contributed by atoms with E-state index in [0.29, 0.717) is 6.54 Å². The highest BCUT2D eigenvalue weighted by Gasteiger charge is 2.45. The van der Waals surface area contributed by atoms with Gasteiger partial charge in [0, 0.05) is 13.2 Å². The number of nitrogens with zero attached hydrogens (tertiary/aromatic N) is 1. The van der Waals surface area contributed by atoms with Crippen molar-refractivity contribution < 1.29 is 14.7 Å². The first-order chi connectivity index (χ1) is 6.39. The summed E-state index contributed by atoms with van der Waals surface area (Å²) in [5.41, 5.74) is -0.805. The lowest BCUT2D eigenvalue weighted by atomic mass is 10.0. The lowest BCUT2D eigenvalue weighted by Crippen LogP contribution is -2.46. The number of carbonyl (C=O) groups is 2. The van der Waals surface area contributed by atoms with Gasteiger partial charge >= 0.3 is 6.03 Å². The second-order valence-electron chi connectivity index (χ2n) is 4.22. The quantitative estimate of drug-likeness (QED) is 0.627. The number of carbonyl (C=O) groups excluding carboxylic acids is 2. The van der Waals surface area contributed by atoms with Crippen molar-refractivity contribution in [3.05, 3.63) is 0 Å². The molecule has 0 bridgehead atoms. The van der Waals surface area contributed by atoms with Crippen LogP contribution in [0.4, 0.5) is 4.79 Å². The molecule has 1 rings (SSSR count). The second-order valence-corrected chi connectivity index (χ2v) is 4.22. The Kier molecular flexibility index (Phi) is 2.80. The number of rotatable bonds is 3. The molecule has 0 spiro atoms. The highest BCUT2D eigenvalue weighted by atomic mass is 16.3. The normalized spacial score (nSPS) is 22.4. The SMILES string of the molecule is CC(CO)CN1C(=O)NC(=O)C1(C)C. The van der Waals surface area contributed by atoms with E-state index in [0.717, 1.165) is 0 Å². The number of urea groups is 1. The molecule has 1 atom stereocenters. The fraction of sp³-hybridized carbons (Fsp3) is 0.778. The van der Waals surface area contributed by atoms with Gasteiger partial charge in [0.25, 0.3) is 5.91 Å². The number of aliphatic hydroxyl groups excluding tert-OH is 1. The number of nitrogens with one attached hydrogen (secondary N) is 1. The first-order valence-electron chi connectivity index (χ1n) is 4.63. The molecule has 1 fully saturated rings. The molecule has 2 N–H and O–H groups in total. The molecular weight excluding hydrogens is 184 g/mol. The molecule has 1 heterocycles. The molecule has 0 aliphatic carbocycles.